The predicted molar refractivity (Wildman–Crippen MR) is 131 cm³/mol. The summed E-state index contributed by atoms with van der Waals surface area (Å²) in [5.41, 5.74) is 1.21. The summed E-state index contributed by atoms with van der Waals surface area (Å²) in [5, 5.41) is 17.8. The minimum Gasteiger partial charge on any atom is -0.494 e. The third-order valence-corrected chi connectivity index (χ3v) is 7.72. The topological polar surface area (TPSA) is 151 Å². The second kappa shape index (κ2) is 10.8. The van der Waals surface area contributed by atoms with Gasteiger partial charge in [-0.1, -0.05) is 6.07 Å². The molecule has 4 rings (SSSR count). The Kier molecular flexibility index (Phi) is 7.71. The van der Waals surface area contributed by atoms with Crippen LogP contribution < -0.4 is 14.2 Å². The van der Waals surface area contributed by atoms with E-state index in [0.29, 0.717) is 36.0 Å². The largest absolute Gasteiger partial charge is 0.494 e. The average molecular weight is 519 g/mol. The van der Waals surface area contributed by atoms with Crippen molar-refractivity contribution in [1.82, 2.24) is 24.7 Å². The predicted octanol–water partition coefficient (Wildman–Crippen LogP) is 2.49. The molecule has 36 heavy (non-hydrogen) atoms. The van der Waals surface area contributed by atoms with Gasteiger partial charge in [0.05, 0.1) is 14.2 Å². The SMILES string of the molecule is COc1cccc(OC)c1-n1c(NS(=O)(=O)[C@@H](C)[C@H](O)c2ncc(C)cn2)nnc1[C@H]1CCCCO1. The minimum absolute atomic E-state index is 0.00244. The molecule has 1 fully saturated rings. The molecule has 0 amide bonds. The van der Waals surface area contributed by atoms with Crippen molar-refractivity contribution in [3.63, 3.8) is 0 Å². The molecule has 3 atom stereocenters. The highest BCUT2D eigenvalue weighted by molar-refractivity contribution is 7.93. The summed E-state index contributed by atoms with van der Waals surface area (Å²) < 4.78 is 47.8. The van der Waals surface area contributed by atoms with Crippen LogP contribution in [0.1, 0.15) is 55.6 Å². The van der Waals surface area contributed by atoms with Crippen LogP contribution in [-0.4, -0.2) is 64.3 Å². The Morgan fingerprint density at radius 3 is 2.39 bits per heavy atom. The van der Waals surface area contributed by atoms with E-state index in [1.165, 1.54) is 38.1 Å². The van der Waals surface area contributed by atoms with Crippen molar-refractivity contribution < 1.29 is 27.7 Å². The van der Waals surface area contributed by atoms with Gasteiger partial charge in [0.25, 0.3) is 0 Å². The first kappa shape index (κ1) is 25.8. The standard InChI is InChI=1S/C23H30N6O6S/c1-14-12-24-21(25-13-14)20(30)15(2)36(31,32)28-23-27-26-22(18-8-5-6-11-35-18)29(23)19-16(33-3)9-7-10-17(19)34-4/h7,9-10,12-13,15,18,20,30H,5-6,8,11H2,1-4H3,(H,27,28)/t15-,18+,20-/m0/s1. The average Bonchev–Trinajstić information content (AvgIpc) is 3.30. The summed E-state index contributed by atoms with van der Waals surface area (Å²) >= 11 is 0. The molecule has 13 heteroatoms. The first-order chi connectivity index (χ1) is 17.3. The third kappa shape index (κ3) is 5.13. The fourth-order valence-electron chi connectivity index (χ4n) is 3.94. The van der Waals surface area contributed by atoms with Gasteiger partial charge >= 0.3 is 0 Å². The van der Waals surface area contributed by atoms with Crippen LogP contribution in [0.25, 0.3) is 5.69 Å². The third-order valence-electron chi connectivity index (χ3n) is 6.01. The lowest BCUT2D eigenvalue weighted by atomic mass is 10.1. The molecule has 0 spiro atoms. The molecule has 3 aromatic rings. The molecule has 2 N–H and O–H groups in total. The van der Waals surface area contributed by atoms with E-state index in [-0.39, 0.29) is 11.8 Å². The van der Waals surface area contributed by atoms with Crippen LogP contribution in [0.4, 0.5) is 5.95 Å². The van der Waals surface area contributed by atoms with Gasteiger partial charge in [-0.05, 0) is 50.8 Å². The van der Waals surface area contributed by atoms with E-state index >= 15 is 0 Å². The Balaban J connectivity index is 1.77. The molecule has 0 unspecified atom stereocenters. The van der Waals surface area contributed by atoms with Crippen LogP contribution in [0, 0.1) is 6.92 Å². The number of methoxy groups -OCH3 is 2. The van der Waals surface area contributed by atoms with E-state index in [1.54, 1.807) is 25.1 Å². The van der Waals surface area contributed by atoms with Crippen molar-refractivity contribution in [3.05, 3.63) is 47.8 Å². The van der Waals surface area contributed by atoms with E-state index in [4.69, 9.17) is 14.2 Å². The maximum atomic E-state index is 13.4. The quantitative estimate of drug-likeness (QED) is 0.432. The number of aliphatic hydroxyl groups is 1. The van der Waals surface area contributed by atoms with Crippen LogP contribution in [0.2, 0.25) is 0 Å². The Bertz CT molecular complexity index is 1270. The van der Waals surface area contributed by atoms with Crippen LogP contribution in [0.5, 0.6) is 11.5 Å². The second-order valence-electron chi connectivity index (χ2n) is 8.50. The molecule has 0 radical (unpaired) electrons. The summed E-state index contributed by atoms with van der Waals surface area (Å²) in [6, 6.07) is 5.21. The number of ether oxygens (including phenoxy) is 3. The maximum Gasteiger partial charge on any atom is 0.243 e. The summed E-state index contributed by atoms with van der Waals surface area (Å²) in [6.45, 7) is 3.72. The van der Waals surface area contributed by atoms with Crippen molar-refractivity contribution >= 4 is 16.0 Å². The van der Waals surface area contributed by atoms with Crippen molar-refractivity contribution in [2.75, 3.05) is 25.5 Å². The number of rotatable bonds is 9. The number of nitrogens with zero attached hydrogens (tertiary/aromatic N) is 5. The van der Waals surface area contributed by atoms with Crippen molar-refractivity contribution in [2.45, 2.75) is 50.6 Å². The Hall–Kier alpha value is -3.29. The monoisotopic (exact) mass is 518 g/mol. The molecule has 1 aliphatic heterocycles. The van der Waals surface area contributed by atoms with Crippen LogP contribution in [-0.2, 0) is 14.8 Å². The minimum atomic E-state index is -4.18. The van der Waals surface area contributed by atoms with Crippen molar-refractivity contribution in [2.24, 2.45) is 0 Å². The fourth-order valence-corrected chi connectivity index (χ4v) is 4.98. The molecule has 0 bridgehead atoms. The molecule has 0 saturated carbocycles. The molecule has 1 saturated heterocycles. The Morgan fingerprint density at radius 2 is 1.81 bits per heavy atom. The smallest absolute Gasteiger partial charge is 0.243 e. The zero-order chi connectivity index (χ0) is 25.9. The zero-order valence-electron chi connectivity index (χ0n) is 20.6. The number of nitrogens with one attached hydrogen (secondary N) is 1. The van der Waals surface area contributed by atoms with Crippen LogP contribution >= 0.6 is 0 Å². The molecule has 194 valence electrons. The maximum absolute atomic E-state index is 13.4. The molecule has 3 heterocycles. The highest BCUT2D eigenvalue weighted by Crippen LogP contribution is 2.38. The molecule has 12 nitrogen and oxygen atoms in total. The van der Waals surface area contributed by atoms with Gasteiger partial charge in [0, 0.05) is 19.0 Å². The van der Waals surface area contributed by atoms with Gasteiger partial charge in [0.1, 0.15) is 34.6 Å². The number of aromatic nitrogens is 5. The van der Waals surface area contributed by atoms with Crippen molar-refractivity contribution in [1.29, 1.82) is 0 Å². The molecule has 1 aromatic carbocycles. The van der Waals surface area contributed by atoms with Gasteiger partial charge in [-0.15, -0.1) is 10.2 Å². The number of hydrogen-bond donors (Lipinski definition) is 2. The first-order valence-electron chi connectivity index (χ1n) is 11.5. The Labute approximate surface area is 209 Å². The van der Waals surface area contributed by atoms with E-state index in [2.05, 4.69) is 24.9 Å². The summed E-state index contributed by atoms with van der Waals surface area (Å²) in [6.07, 6.45) is 3.71. The molecular formula is C23H30N6O6S. The lowest BCUT2D eigenvalue weighted by Crippen LogP contribution is -2.32. The second-order valence-corrected chi connectivity index (χ2v) is 10.5. The number of sulfonamides is 1. The number of anilines is 1. The van der Waals surface area contributed by atoms with E-state index in [0.717, 1.165) is 18.4 Å². The zero-order valence-corrected chi connectivity index (χ0v) is 21.4. The highest BCUT2D eigenvalue weighted by Gasteiger charge is 2.35. The van der Waals surface area contributed by atoms with Gasteiger partial charge in [-0.2, -0.15) is 0 Å². The number of para-hydroxylation sites is 1. The summed E-state index contributed by atoms with van der Waals surface area (Å²) in [5.74, 6) is 1.17. The number of benzene rings is 1. The number of aryl methyl sites for hydroxylation is 1. The van der Waals surface area contributed by atoms with Gasteiger partial charge in [0.2, 0.25) is 16.0 Å². The van der Waals surface area contributed by atoms with E-state index in [1.807, 2.05) is 0 Å². The first-order valence-corrected chi connectivity index (χ1v) is 13.1. The lowest BCUT2D eigenvalue weighted by molar-refractivity contribution is 0.00839. The van der Waals surface area contributed by atoms with E-state index < -0.39 is 27.5 Å². The van der Waals surface area contributed by atoms with E-state index in [9.17, 15) is 13.5 Å². The molecule has 1 aliphatic rings. The molecule has 2 aromatic heterocycles. The normalized spacial score (nSPS) is 17.9. The molecule has 0 aliphatic carbocycles. The number of aliphatic hydroxyl groups excluding tert-OH is 1. The van der Waals surface area contributed by atoms with Crippen LogP contribution in [0.3, 0.4) is 0 Å². The summed E-state index contributed by atoms with van der Waals surface area (Å²) in [7, 11) is -1.18. The van der Waals surface area contributed by atoms with Gasteiger partial charge < -0.3 is 19.3 Å². The van der Waals surface area contributed by atoms with Gasteiger partial charge in [0.15, 0.2) is 11.6 Å². The fraction of sp³-hybridized carbons (Fsp3) is 0.478. The van der Waals surface area contributed by atoms with Gasteiger partial charge in [-0.3, -0.25) is 9.29 Å². The van der Waals surface area contributed by atoms with Crippen molar-refractivity contribution in [3.8, 4) is 17.2 Å². The lowest BCUT2D eigenvalue weighted by Gasteiger charge is -2.24. The number of hydrogen-bond acceptors (Lipinski definition) is 10. The molecular weight excluding hydrogens is 488 g/mol. The highest BCUT2D eigenvalue weighted by atomic mass is 32.2. The van der Waals surface area contributed by atoms with Gasteiger partial charge in [-0.25, -0.2) is 18.4 Å². The Morgan fingerprint density at radius 1 is 1.14 bits per heavy atom. The summed E-state index contributed by atoms with van der Waals surface area (Å²) in [4.78, 5) is 8.12. The van der Waals surface area contributed by atoms with Crippen LogP contribution in [0.15, 0.2) is 30.6 Å².